The van der Waals surface area contributed by atoms with E-state index in [1.165, 1.54) is 51.3 Å². The number of piperidine rings is 1. The molecule has 10 heteroatoms. The van der Waals surface area contributed by atoms with Crippen molar-refractivity contribution in [2.24, 2.45) is 11.8 Å². The maximum Gasteiger partial charge on any atom is 0.406 e. The van der Waals surface area contributed by atoms with Crippen molar-refractivity contribution in [1.82, 2.24) is 20.9 Å². The average Bonchev–Trinajstić information content (AvgIpc) is 2.93. The number of methoxy groups -OCH3 is 1. The molecule has 3 unspecified atom stereocenters. The maximum absolute atomic E-state index is 14.4. The number of urea groups is 1. The van der Waals surface area contributed by atoms with Gasteiger partial charge in [0.1, 0.15) is 5.82 Å². The number of hydrogen-bond donors (Lipinski definition) is 4. The molecule has 3 amide bonds. The minimum atomic E-state index is -1.47. The maximum atomic E-state index is 14.4. The van der Waals surface area contributed by atoms with Gasteiger partial charge in [-0.1, -0.05) is 55.8 Å². The Hall–Kier alpha value is -2.10. The lowest BCUT2D eigenvalue weighted by atomic mass is 9.74. The number of aliphatic hydroxyl groups is 1. The van der Waals surface area contributed by atoms with Gasteiger partial charge in [0.25, 0.3) is 0 Å². The zero-order valence-electron chi connectivity index (χ0n) is 22.7. The summed E-state index contributed by atoms with van der Waals surface area (Å²) in [6.07, 6.45) is 8.70. The molecule has 1 aromatic rings. The molecule has 0 spiro atoms. The van der Waals surface area contributed by atoms with Gasteiger partial charge in [-0.3, -0.25) is 0 Å². The fourth-order valence-corrected chi connectivity index (χ4v) is 6.39. The molecule has 3 rings (SSSR count). The Kier molecular flexibility index (Phi) is 11.9. The van der Waals surface area contributed by atoms with Crippen molar-refractivity contribution in [2.45, 2.75) is 75.9 Å². The van der Waals surface area contributed by atoms with Crippen LogP contribution in [-0.2, 0) is 10.3 Å². The molecular weight excluding hydrogens is 511 g/mol. The lowest BCUT2D eigenvalue weighted by Gasteiger charge is -2.43. The van der Waals surface area contributed by atoms with Crippen LogP contribution in [0.1, 0.15) is 69.8 Å². The van der Waals surface area contributed by atoms with Crippen LogP contribution < -0.4 is 16.0 Å². The van der Waals surface area contributed by atoms with E-state index in [4.69, 9.17) is 11.6 Å². The van der Waals surface area contributed by atoms with Crippen molar-refractivity contribution in [1.29, 1.82) is 0 Å². The number of nitrogens with zero attached hydrogens (tertiary/aromatic N) is 1. The summed E-state index contributed by atoms with van der Waals surface area (Å²) < 4.78 is 19.0. The Morgan fingerprint density at radius 3 is 2.71 bits per heavy atom. The van der Waals surface area contributed by atoms with E-state index in [0.29, 0.717) is 50.4 Å². The number of rotatable bonds is 11. The molecule has 1 heterocycles. The molecule has 1 saturated carbocycles. The third kappa shape index (κ3) is 8.20. The van der Waals surface area contributed by atoms with Crippen LogP contribution in [0.5, 0.6) is 0 Å². The molecule has 0 aromatic heterocycles. The number of halogens is 2. The summed E-state index contributed by atoms with van der Waals surface area (Å²) in [7, 11) is 3.19. The van der Waals surface area contributed by atoms with Gasteiger partial charge in [-0.15, -0.1) is 0 Å². The summed E-state index contributed by atoms with van der Waals surface area (Å²) in [5.74, 6) is -0.311. The van der Waals surface area contributed by atoms with Crippen molar-refractivity contribution < 1.29 is 23.8 Å². The highest BCUT2D eigenvalue weighted by Gasteiger charge is 2.43. The highest BCUT2D eigenvalue weighted by atomic mass is 35.5. The lowest BCUT2D eigenvalue weighted by Crippen LogP contribution is -2.54. The number of hydrogen-bond acceptors (Lipinski definition) is 5. The number of carbonyl (C=O) groups is 2. The number of benzene rings is 1. The quantitative estimate of drug-likeness (QED) is 0.295. The standard InChI is InChI=1S/C28H44ClFN4O4/c1-31-18-22(17-20-9-4-3-5-10-20)33-26(35)34-16-7-11-21(19-34)28(37,14-8-15-32-27(36)38-2)23-12-6-13-24(30)25(23)29/h6,12-13,20-22,31,37H,3-5,7-11,14-19H2,1-2H3,(H,32,36)(H,33,35). The largest absolute Gasteiger partial charge is 0.453 e. The first kappa shape index (κ1) is 30.4. The summed E-state index contributed by atoms with van der Waals surface area (Å²) in [5.41, 5.74) is -1.16. The van der Waals surface area contributed by atoms with Crippen LogP contribution in [0, 0.1) is 17.7 Å². The second kappa shape index (κ2) is 14.9. The Labute approximate surface area is 231 Å². The Morgan fingerprint density at radius 1 is 1.24 bits per heavy atom. The van der Waals surface area contributed by atoms with Crippen LogP contribution in [0.3, 0.4) is 0 Å². The molecule has 1 aliphatic carbocycles. The predicted molar refractivity (Wildman–Crippen MR) is 147 cm³/mol. The van der Waals surface area contributed by atoms with Gasteiger partial charge >= 0.3 is 12.1 Å². The zero-order valence-corrected chi connectivity index (χ0v) is 23.5. The summed E-state index contributed by atoms with van der Waals surface area (Å²) in [6, 6.07) is 4.35. The number of carbonyl (C=O) groups excluding carboxylic acids is 2. The summed E-state index contributed by atoms with van der Waals surface area (Å²) in [4.78, 5) is 26.6. The van der Waals surface area contributed by atoms with Gasteiger partial charge in [0, 0.05) is 43.7 Å². The minimum Gasteiger partial charge on any atom is -0.453 e. The number of nitrogens with one attached hydrogen (secondary N) is 3. The molecule has 0 radical (unpaired) electrons. The first-order valence-corrected chi connectivity index (χ1v) is 14.3. The van der Waals surface area contributed by atoms with Crippen molar-refractivity contribution >= 4 is 23.7 Å². The van der Waals surface area contributed by atoms with Gasteiger partial charge < -0.3 is 30.7 Å². The van der Waals surface area contributed by atoms with E-state index in [2.05, 4.69) is 20.7 Å². The van der Waals surface area contributed by atoms with Crippen molar-refractivity contribution in [3.05, 3.63) is 34.6 Å². The Balaban J connectivity index is 1.72. The zero-order chi connectivity index (χ0) is 27.5. The van der Waals surface area contributed by atoms with Crippen LogP contribution in [0.4, 0.5) is 14.0 Å². The van der Waals surface area contributed by atoms with Gasteiger partial charge in [-0.2, -0.15) is 0 Å². The Bertz CT molecular complexity index is 917. The fraction of sp³-hybridized carbons (Fsp3) is 0.714. The second-order valence-electron chi connectivity index (χ2n) is 10.8. The number of likely N-dealkylation sites (tertiary alicyclic amines) is 1. The normalized spacial score (nSPS) is 20.9. The van der Waals surface area contributed by atoms with Crippen molar-refractivity contribution in [3.63, 3.8) is 0 Å². The first-order chi connectivity index (χ1) is 18.3. The molecule has 1 aliphatic heterocycles. The van der Waals surface area contributed by atoms with Crippen LogP contribution in [-0.4, -0.2) is 68.5 Å². The van der Waals surface area contributed by atoms with Crippen molar-refractivity contribution in [3.8, 4) is 0 Å². The van der Waals surface area contributed by atoms with Crippen LogP contribution >= 0.6 is 11.6 Å². The summed E-state index contributed by atoms with van der Waals surface area (Å²) >= 11 is 6.35. The number of likely N-dealkylation sites (N-methyl/N-ethyl adjacent to an activating group) is 1. The second-order valence-corrected chi connectivity index (χ2v) is 11.2. The van der Waals surface area contributed by atoms with E-state index in [9.17, 15) is 19.1 Å². The Morgan fingerprint density at radius 2 is 2.00 bits per heavy atom. The van der Waals surface area contributed by atoms with E-state index < -0.39 is 17.5 Å². The van der Waals surface area contributed by atoms with E-state index in [-0.39, 0.29) is 36.0 Å². The molecule has 1 aromatic carbocycles. The van der Waals surface area contributed by atoms with Crippen molar-refractivity contribution in [2.75, 3.05) is 40.3 Å². The minimum absolute atomic E-state index is 0.0388. The summed E-state index contributed by atoms with van der Waals surface area (Å²) in [6.45, 7) is 1.91. The van der Waals surface area contributed by atoms with Gasteiger partial charge in [-0.05, 0) is 51.1 Å². The van der Waals surface area contributed by atoms with Gasteiger partial charge in [0.2, 0.25) is 0 Å². The molecule has 2 fully saturated rings. The summed E-state index contributed by atoms with van der Waals surface area (Å²) in [5, 5.41) is 21.0. The average molecular weight is 555 g/mol. The topological polar surface area (TPSA) is 103 Å². The molecule has 1 saturated heterocycles. The van der Waals surface area contributed by atoms with E-state index in [1.54, 1.807) is 11.0 Å². The third-order valence-corrected chi connectivity index (χ3v) is 8.50. The van der Waals surface area contributed by atoms with E-state index >= 15 is 0 Å². The fourth-order valence-electron chi connectivity index (χ4n) is 6.10. The monoisotopic (exact) mass is 554 g/mol. The molecule has 8 nitrogen and oxygen atoms in total. The van der Waals surface area contributed by atoms with Crippen LogP contribution in [0.15, 0.2) is 18.2 Å². The molecule has 0 bridgehead atoms. The lowest BCUT2D eigenvalue weighted by molar-refractivity contribution is -0.0553. The molecule has 4 N–H and O–H groups in total. The third-order valence-electron chi connectivity index (χ3n) is 8.11. The molecule has 214 valence electrons. The molecule has 3 atom stereocenters. The predicted octanol–water partition coefficient (Wildman–Crippen LogP) is 4.78. The SMILES string of the molecule is CNCC(CC1CCCCC1)NC(=O)N1CCCC(C(O)(CCCNC(=O)OC)c2cccc(F)c2Cl)C1. The van der Waals surface area contributed by atoms with E-state index in [1.807, 2.05) is 7.05 Å². The van der Waals surface area contributed by atoms with Crippen LogP contribution in [0.2, 0.25) is 5.02 Å². The highest BCUT2D eigenvalue weighted by Crippen LogP contribution is 2.42. The van der Waals surface area contributed by atoms with E-state index in [0.717, 1.165) is 6.42 Å². The van der Waals surface area contributed by atoms with Gasteiger partial charge in [-0.25, -0.2) is 14.0 Å². The first-order valence-electron chi connectivity index (χ1n) is 14.0. The molecule has 38 heavy (non-hydrogen) atoms. The molecular formula is C28H44ClFN4O4. The number of amides is 3. The molecule has 2 aliphatic rings. The number of alkyl carbamates (subject to hydrolysis) is 1. The van der Waals surface area contributed by atoms with Gasteiger partial charge in [0.15, 0.2) is 0 Å². The number of ether oxygens (including phenoxy) is 1. The van der Waals surface area contributed by atoms with Gasteiger partial charge in [0.05, 0.1) is 17.7 Å². The highest BCUT2D eigenvalue weighted by molar-refractivity contribution is 6.31. The smallest absolute Gasteiger partial charge is 0.406 e. The van der Waals surface area contributed by atoms with Crippen LogP contribution in [0.25, 0.3) is 0 Å².